The highest BCUT2D eigenvalue weighted by Crippen LogP contribution is 2.40. The van der Waals surface area contributed by atoms with Crippen LogP contribution >= 0.6 is 11.8 Å². The van der Waals surface area contributed by atoms with Gasteiger partial charge in [-0.15, -0.1) is 0 Å². The number of benzene rings is 1. The first-order valence-corrected chi connectivity index (χ1v) is 5.91. The lowest BCUT2D eigenvalue weighted by Crippen LogP contribution is -2.24. The Hall–Kier alpha value is -0.670. The van der Waals surface area contributed by atoms with E-state index in [1.54, 1.807) is 11.8 Å². The van der Waals surface area contributed by atoms with Gasteiger partial charge in [-0.1, -0.05) is 17.8 Å². The second kappa shape index (κ2) is 2.91. The lowest BCUT2D eigenvalue weighted by atomic mass is 10.1. The molecule has 1 aromatic rings. The van der Waals surface area contributed by atoms with Crippen LogP contribution in [0.5, 0.6) is 5.75 Å². The maximum absolute atomic E-state index is 6.08. The van der Waals surface area contributed by atoms with Gasteiger partial charge in [0.2, 0.25) is 0 Å². The summed E-state index contributed by atoms with van der Waals surface area (Å²) in [6.07, 6.45) is 3.33. The minimum atomic E-state index is 0.0972. The molecule has 0 aromatic heterocycles. The van der Waals surface area contributed by atoms with E-state index in [2.05, 4.69) is 18.2 Å². The molecule has 0 atom stereocenters. The van der Waals surface area contributed by atoms with E-state index in [1.165, 1.54) is 23.3 Å². The van der Waals surface area contributed by atoms with E-state index in [4.69, 9.17) is 10.5 Å². The summed E-state index contributed by atoms with van der Waals surface area (Å²) < 4.78 is 5.50. The van der Waals surface area contributed by atoms with Gasteiger partial charge in [-0.05, 0) is 37.0 Å². The average molecular weight is 207 g/mol. The molecule has 3 heteroatoms. The minimum absolute atomic E-state index is 0.0972. The fraction of sp³-hybridized carbons (Fsp3) is 0.455. The molecule has 2 N–H and O–H groups in total. The molecule has 1 fully saturated rings. The van der Waals surface area contributed by atoms with Crippen molar-refractivity contribution in [3.05, 3.63) is 23.8 Å². The molecular formula is C11H13NOS. The predicted octanol–water partition coefficient (Wildman–Crippen LogP) is 2.16. The first-order valence-electron chi connectivity index (χ1n) is 4.93. The van der Waals surface area contributed by atoms with Crippen molar-refractivity contribution in [1.82, 2.24) is 0 Å². The number of fused-ring (bicyclic) bond motifs is 1. The van der Waals surface area contributed by atoms with Gasteiger partial charge >= 0.3 is 0 Å². The third-order valence-corrected chi connectivity index (χ3v) is 3.77. The Balaban J connectivity index is 1.85. The van der Waals surface area contributed by atoms with Crippen LogP contribution in [0.4, 0.5) is 0 Å². The summed E-state index contributed by atoms with van der Waals surface area (Å²) in [5, 5.41) is 0. The molecule has 0 saturated heterocycles. The van der Waals surface area contributed by atoms with E-state index in [9.17, 15) is 0 Å². The van der Waals surface area contributed by atoms with E-state index in [-0.39, 0.29) is 5.54 Å². The summed E-state index contributed by atoms with van der Waals surface area (Å²) in [6.45, 7) is 0. The highest BCUT2D eigenvalue weighted by atomic mass is 32.2. The Morgan fingerprint density at radius 1 is 1.43 bits per heavy atom. The van der Waals surface area contributed by atoms with Crippen molar-refractivity contribution in [2.45, 2.75) is 29.7 Å². The molecule has 0 radical (unpaired) electrons. The van der Waals surface area contributed by atoms with Crippen molar-refractivity contribution < 1.29 is 4.74 Å². The Morgan fingerprint density at radius 2 is 2.29 bits per heavy atom. The molecule has 2 aliphatic rings. The molecule has 3 rings (SSSR count). The van der Waals surface area contributed by atoms with Gasteiger partial charge in [0.05, 0.1) is 4.90 Å². The number of thioether (sulfide) groups is 1. The Morgan fingerprint density at radius 3 is 3.07 bits per heavy atom. The standard InChI is InChI=1S/C11H13NOS/c12-11(3-4-11)6-8-1-2-10-9(5-8)13-7-14-10/h1-2,5H,3-4,6-7,12H2. The molecule has 1 saturated carbocycles. The zero-order valence-corrected chi connectivity index (χ0v) is 8.77. The molecular weight excluding hydrogens is 194 g/mol. The molecule has 2 nitrogen and oxygen atoms in total. The lowest BCUT2D eigenvalue weighted by molar-refractivity contribution is 0.397. The van der Waals surface area contributed by atoms with Crippen molar-refractivity contribution in [2.24, 2.45) is 5.73 Å². The van der Waals surface area contributed by atoms with Crippen molar-refractivity contribution in [3.8, 4) is 5.75 Å². The van der Waals surface area contributed by atoms with E-state index in [0.717, 1.165) is 18.1 Å². The number of hydrogen-bond acceptors (Lipinski definition) is 3. The van der Waals surface area contributed by atoms with E-state index in [1.807, 2.05) is 0 Å². The van der Waals surface area contributed by atoms with Gasteiger partial charge in [0.15, 0.2) is 0 Å². The van der Waals surface area contributed by atoms with Crippen LogP contribution < -0.4 is 10.5 Å². The monoisotopic (exact) mass is 207 g/mol. The zero-order chi connectivity index (χ0) is 9.60. The molecule has 14 heavy (non-hydrogen) atoms. The summed E-state index contributed by atoms with van der Waals surface area (Å²) in [6, 6.07) is 6.46. The fourth-order valence-electron chi connectivity index (χ4n) is 1.79. The van der Waals surface area contributed by atoms with Crippen molar-refractivity contribution >= 4 is 11.8 Å². The second-order valence-corrected chi connectivity index (χ2v) is 5.19. The zero-order valence-electron chi connectivity index (χ0n) is 7.95. The number of ether oxygens (including phenoxy) is 1. The van der Waals surface area contributed by atoms with Gasteiger partial charge in [0.1, 0.15) is 11.7 Å². The van der Waals surface area contributed by atoms with E-state index >= 15 is 0 Å². The van der Waals surface area contributed by atoms with Gasteiger partial charge < -0.3 is 10.5 Å². The smallest absolute Gasteiger partial charge is 0.138 e. The van der Waals surface area contributed by atoms with Crippen LogP contribution in [0.2, 0.25) is 0 Å². The summed E-state index contributed by atoms with van der Waals surface area (Å²) in [5.41, 5.74) is 7.49. The summed E-state index contributed by atoms with van der Waals surface area (Å²) >= 11 is 1.76. The average Bonchev–Trinajstić information content (AvgIpc) is 2.73. The molecule has 0 unspecified atom stereocenters. The first kappa shape index (κ1) is 8.62. The third kappa shape index (κ3) is 1.51. The summed E-state index contributed by atoms with van der Waals surface area (Å²) in [4.78, 5) is 1.26. The molecule has 0 bridgehead atoms. The molecule has 1 aliphatic carbocycles. The highest BCUT2D eigenvalue weighted by Gasteiger charge is 2.38. The summed E-state index contributed by atoms with van der Waals surface area (Å²) in [5.74, 6) is 1.80. The third-order valence-electron chi connectivity index (χ3n) is 2.89. The fourth-order valence-corrected chi connectivity index (χ4v) is 2.53. The second-order valence-electron chi connectivity index (χ2n) is 4.23. The largest absolute Gasteiger partial charge is 0.481 e. The SMILES string of the molecule is NC1(Cc2ccc3c(c2)OCS3)CC1. The van der Waals surface area contributed by atoms with Gasteiger partial charge in [-0.3, -0.25) is 0 Å². The predicted molar refractivity (Wildman–Crippen MR) is 57.7 cm³/mol. The van der Waals surface area contributed by atoms with Crippen LogP contribution in [0.25, 0.3) is 0 Å². The molecule has 0 amide bonds. The maximum atomic E-state index is 6.08. The van der Waals surface area contributed by atoms with E-state index < -0.39 is 0 Å². The van der Waals surface area contributed by atoms with Crippen molar-refractivity contribution in [1.29, 1.82) is 0 Å². The van der Waals surface area contributed by atoms with Crippen LogP contribution in [0.3, 0.4) is 0 Å². The van der Waals surface area contributed by atoms with Gasteiger partial charge in [0.25, 0.3) is 0 Å². The molecule has 1 heterocycles. The number of rotatable bonds is 2. The van der Waals surface area contributed by atoms with Crippen LogP contribution in [0.1, 0.15) is 18.4 Å². The topological polar surface area (TPSA) is 35.2 Å². The van der Waals surface area contributed by atoms with Gasteiger partial charge in [0, 0.05) is 5.54 Å². The Kier molecular flexibility index (Phi) is 1.79. The van der Waals surface area contributed by atoms with Gasteiger partial charge in [-0.2, -0.15) is 0 Å². The maximum Gasteiger partial charge on any atom is 0.138 e. The molecule has 1 aromatic carbocycles. The normalized spacial score (nSPS) is 21.5. The van der Waals surface area contributed by atoms with Crippen LogP contribution in [-0.2, 0) is 6.42 Å². The Bertz CT molecular complexity index is 374. The lowest BCUT2D eigenvalue weighted by Gasteiger charge is -2.09. The Labute approximate surface area is 87.8 Å². The molecule has 74 valence electrons. The number of nitrogens with two attached hydrogens (primary N) is 1. The van der Waals surface area contributed by atoms with E-state index in [0.29, 0.717) is 0 Å². The van der Waals surface area contributed by atoms with Gasteiger partial charge in [-0.25, -0.2) is 0 Å². The number of hydrogen-bond donors (Lipinski definition) is 1. The van der Waals surface area contributed by atoms with Crippen LogP contribution in [-0.4, -0.2) is 11.5 Å². The first-order chi connectivity index (χ1) is 6.75. The minimum Gasteiger partial charge on any atom is -0.481 e. The van der Waals surface area contributed by atoms with Crippen LogP contribution in [0, 0.1) is 0 Å². The molecule has 1 aliphatic heterocycles. The van der Waals surface area contributed by atoms with Crippen LogP contribution in [0.15, 0.2) is 23.1 Å². The molecule has 0 spiro atoms. The van der Waals surface area contributed by atoms with Crippen molar-refractivity contribution in [2.75, 3.05) is 5.94 Å². The summed E-state index contributed by atoms with van der Waals surface area (Å²) in [7, 11) is 0. The van der Waals surface area contributed by atoms with Crippen molar-refractivity contribution in [3.63, 3.8) is 0 Å². The quantitative estimate of drug-likeness (QED) is 0.807. The highest BCUT2D eigenvalue weighted by molar-refractivity contribution is 7.99.